The van der Waals surface area contributed by atoms with Crippen molar-refractivity contribution in [3.05, 3.63) is 83.1 Å². The van der Waals surface area contributed by atoms with E-state index in [-0.39, 0.29) is 5.60 Å². The average molecular weight is 493 g/mol. The van der Waals surface area contributed by atoms with Gasteiger partial charge in [-0.3, -0.25) is 0 Å². The van der Waals surface area contributed by atoms with Gasteiger partial charge >= 0.3 is 5.97 Å². The summed E-state index contributed by atoms with van der Waals surface area (Å²) in [4.78, 5) is 11.9. The van der Waals surface area contributed by atoms with Crippen molar-refractivity contribution in [3.63, 3.8) is 0 Å². The summed E-state index contributed by atoms with van der Waals surface area (Å²) in [6.07, 6.45) is 9.61. The van der Waals surface area contributed by atoms with Crippen LogP contribution in [-0.2, 0) is 27.3 Å². The molecule has 1 unspecified atom stereocenters. The number of allylic oxidation sites excluding steroid dienone is 3. The van der Waals surface area contributed by atoms with Crippen molar-refractivity contribution in [2.75, 3.05) is 13.2 Å². The van der Waals surface area contributed by atoms with Gasteiger partial charge in [0.25, 0.3) is 0 Å². The summed E-state index contributed by atoms with van der Waals surface area (Å²) in [7, 11) is 0. The summed E-state index contributed by atoms with van der Waals surface area (Å²) >= 11 is 0. The molecule has 0 saturated heterocycles. The van der Waals surface area contributed by atoms with E-state index in [4.69, 9.17) is 18.9 Å². The molecule has 0 N–H and O–H groups in total. The van der Waals surface area contributed by atoms with Crippen molar-refractivity contribution in [2.24, 2.45) is 0 Å². The van der Waals surface area contributed by atoms with Gasteiger partial charge in [0.05, 0.1) is 13.2 Å². The number of esters is 1. The van der Waals surface area contributed by atoms with Crippen LogP contribution in [0.5, 0.6) is 11.5 Å². The van der Waals surface area contributed by atoms with E-state index in [2.05, 4.69) is 38.1 Å². The molecule has 1 aliphatic rings. The molecule has 3 rings (SSSR count). The van der Waals surface area contributed by atoms with Gasteiger partial charge in [0.1, 0.15) is 23.7 Å². The summed E-state index contributed by atoms with van der Waals surface area (Å²) in [6, 6.07) is 16.4. The number of benzene rings is 2. The highest BCUT2D eigenvalue weighted by molar-refractivity contribution is 5.86. The minimum atomic E-state index is -0.390. The fraction of sp³-hybridized carbons (Fsp3) is 0.452. The number of ether oxygens (including phenoxy) is 4. The van der Waals surface area contributed by atoms with E-state index in [1.54, 1.807) is 6.92 Å². The minimum absolute atomic E-state index is 0.178. The molecule has 2 aromatic carbocycles. The molecular formula is C31H40O5. The fourth-order valence-corrected chi connectivity index (χ4v) is 4.29. The Kier molecular flexibility index (Phi) is 10.5. The zero-order valence-electron chi connectivity index (χ0n) is 22.2. The Labute approximate surface area is 216 Å². The predicted octanol–water partition coefficient (Wildman–Crippen LogP) is 7.34. The van der Waals surface area contributed by atoms with Gasteiger partial charge in [0.2, 0.25) is 5.76 Å². The second kappa shape index (κ2) is 13.8. The molecule has 2 aromatic rings. The molecule has 5 nitrogen and oxygen atoms in total. The van der Waals surface area contributed by atoms with E-state index in [9.17, 15) is 4.79 Å². The van der Waals surface area contributed by atoms with Crippen LogP contribution in [0.15, 0.2) is 72.0 Å². The molecule has 5 heteroatoms. The highest BCUT2D eigenvalue weighted by atomic mass is 16.6. The molecule has 1 atom stereocenters. The first-order chi connectivity index (χ1) is 17.4. The third-order valence-corrected chi connectivity index (χ3v) is 6.37. The lowest BCUT2D eigenvalue weighted by molar-refractivity contribution is -0.142. The largest absolute Gasteiger partial charge is 0.489 e. The molecule has 1 heterocycles. The standard InChI is InChI=1S/C31H40O5/c1-5-33-29(30(32)34-6-2)16-10-12-24(3)13-11-20-31(4)21-19-26-22-27(17-18-28(26)36-31)35-23-25-14-8-7-9-15-25/h7-9,13-18,22H,5-6,10-12,19-21,23H2,1-4H3/b24-13+,29-16-. The highest BCUT2D eigenvalue weighted by Gasteiger charge is 2.31. The molecule has 0 saturated carbocycles. The Morgan fingerprint density at radius 2 is 1.81 bits per heavy atom. The van der Waals surface area contributed by atoms with Gasteiger partial charge in [0.15, 0.2) is 0 Å². The quantitative estimate of drug-likeness (QED) is 0.127. The maximum absolute atomic E-state index is 11.9. The first-order valence-electron chi connectivity index (χ1n) is 13.1. The summed E-state index contributed by atoms with van der Waals surface area (Å²) in [5.41, 5.74) is 3.49. The summed E-state index contributed by atoms with van der Waals surface area (Å²) in [5, 5.41) is 0. The van der Waals surface area contributed by atoms with Crippen molar-refractivity contribution >= 4 is 5.97 Å². The molecule has 0 amide bonds. The van der Waals surface area contributed by atoms with E-state index < -0.39 is 5.97 Å². The van der Waals surface area contributed by atoms with Crippen LogP contribution >= 0.6 is 0 Å². The molecule has 0 spiro atoms. The van der Waals surface area contributed by atoms with Gasteiger partial charge < -0.3 is 18.9 Å². The van der Waals surface area contributed by atoms with Crippen LogP contribution in [0.25, 0.3) is 0 Å². The Bertz CT molecular complexity index is 1040. The van der Waals surface area contributed by atoms with Gasteiger partial charge in [-0.1, -0.05) is 42.0 Å². The average Bonchev–Trinajstić information content (AvgIpc) is 2.87. The van der Waals surface area contributed by atoms with Crippen molar-refractivity contribution in [2.45, 2.75) is 78.4 Å². The van der Waals surface area contributed by atoms with E-state index in [0.29, 0.717) is 25.6 Å². The molecular weight excluding hydrogens is 452 g/mol. The maximum Gasteiger partial charge on any atom is 0.373 e. The topological polar surface area (TPSA) is 54.0 Å². The summed E-state index contributed by atoms with van der Waals surface area (Å²) < 4.78 is 22.9. The molecule has 194 valence electrons. The molecule has 0 fully saturated rings. The summed E-state index contributed by atoms with van der Waals surface area (Å²) in [5.74, 6) is 1.76. The van der Waals surface area contributed by atoms with Gasteiger partial charge in [-0.15, -0.1) is 0 Å². The number of hydrogen-bond donors (Lipinski definition) is 0. The first kappa shape index (κ1) is 27.4. The van der Waals surface area contributed by atoms with Gasteiger partial charge in [-0.25, -0.2) is 4.79 Å². The third kappa shape index (κ3) is 8.47. The van der Waals surface area contributed by atoms with Crippen LogP contribution in [0.3, 0.4) is 0 Å². The van der Waals surface area contributed by atoms with Crippen LogP contribution < -0.4 is 9.47 Å². The second-order valence-corrected chi connectivity index (χ2v) is 9.45. The Morgan fingerprint density at radius 1 is 1.03 bits per heavy atom. The van der Waals surface area contributed by atoms with E-state index in [1.807, 2.05) is 43.3 Å². The molecule has 0 aliphatic carbocycles. The normalized spacial score (nSPS) is 17.7. The lowest BCUT2D eigenvalue weighted by Gasteiger charge is -2.36. The Balaban J connectivity index is 1.47. The summed E-state index contributed by atoms with van der Waals surface area (Å²) in [6.45, 7) is 9.35. The molecule has 0 radical (unpaired) electrons. The molecule has 36 heavy (non-hydrogen) atoms. The fourth-order valence-electron chi connectivity index (χ4n) is 4.29. The zero-order valence-corrected chi connectivity index (χ0v) is 22.2. The number of carbonyl (C=O) groups excluding carboxylic acids is 1. The van der Waals surface area contributed by atoms with E-state index in [1.165, 1.54) is 11.1 Å². The minimum Gasteiger partial charge on any atom is -0.489 e. The number of fused-ring (bicyclic) bond motifs is 1. The van der Waals surface area contributed by atoms with Crippen molar-refractivity contribution in [3.8, 4) is 11.5 Å². The van der Waals surface area contributed by atoms with E-state index >= 15 is 0 Å². The zero-order chi connectivity index (χ0) is 25.8. The SMILES string of the molecule is CCOC(=O)/C(=C/CC/C(C)=C/CCC1(C)CCc2cc(OCc3ccccc3)ccc2O1)OCC. The number of aryl methyl sites for hydroxylation is 1. The number of rotatable bonds is 13. The Hall–Kier alpha value is -3.21. The van der Waals surface area contributed by atoms with E-state index in [0.717, 1.165) is 55.6 Å². The van der Waals surface area contributed by atoms with Crippen LogP contribution in [0.4, 0.5) is 0 Å². The van der Waals surface area contributed by atoms with Crippen LogP contribution in [0.1, 0.15) is 70.9 Å². The van der Waals surface area contributed by atoms with Crippen LogP contribution in [0.2, 0.25) is 0 Å². The smallest absolute Gasteiger partial charge is 0.373 e. The molecule has 1 aliphatic heterocycles. The second-order valence-electron chi connectivity index (χ2n) is 9.45. The number of carbonyl (C=O) groups is 1. The van der Waals surface area contributed by atoms with Crippen molar-refractivity contribution < 1.29 is 23.7 Å². The maximum atomic E-state index is 11.9. The van der Waals surface area contributed by atoms with Crippen LogP contribution in [-0.4, -0.2) is 24.8 Å². The van der Waals surface area contributed by atoms with Gasteiger partial charge in [-0.05, 0) is 102 Å². The van der Waals surface area contributed by atoms with Gasteiger partial charge in [0, 0.05) is 0 Å². The highest BCUT2D eigenvalue weighted by Crippen LogP contribution is 2.37. The van der Waals surface area contributed by atoms with Gasteiger partial charge in [-0.2, -0.15) is 0 Å². The lowest BCUT2D eigenvalue weighted by atomic mass is 9.88. The molecule has 0 bridgehead atoms. The first-order valence-corrected chi connectivity index (χ1v) is 13.1. The predicted molar refractivity (Wildman–Crippen MR) is 143 cm³/mol. The van der Waals surface area contributed by atoms with Crippen LogP contribution in [0, 0.1) is 0 Å². The Morgan fingerprint density at radius 3 is 2.56 bits per heavy atom. The third-order valence-electron chi connectivity index (χ3n) is 6.37. The molecule has 0 aromatic heterocycles. The number of hydrogen-bond acceptors (Lipinski definition) is 5. The van der Waals surface area contributed by atoms with Crippen molar-refractivity contribution in [1.29, 1.82) is 0 Å². The van der Waals surface area contributed by atoms with Crippen molar-refractivity contribution in [1.82, 2.24) is 0 Å². The monoisotopic (exact) mass is 492 g/mol. The lowest BCUT2D eigenvalue weighted by Crippen LogP contribution is -2.36.